The van der Waals surface area contributed by atoms with Crippen molar-refractivity contribution >= 4 is 17.5 Å². The predicted octanol–water partition coefficient (Wildman–Crippen LogP) is 0.0167. The number of anilines is 2. The second kappa shape index (κ2) is 6.65. The van der Waals surface area contributed by atoms with Crippen molar-refractivity contribution in [2.75, 3.05) is 23.3 Å². The Morgan fingerprint density at radius 3 is 2.58 bits per heavy atom. The zero-order valence-electron chi connectivity index (χ0n) is 13.2. The van der Waals surface area contributed by atoms with Gasteiger partial charge in [-0.1, -0.05) is 0 Å². The minimum atomic E-state index is -0.648. The molecule has 3 rings (SSSR count). The quantitative estimate of drug-likeness (QED) is 0.729. The first-order valence-corrected chi connectivity index (χ1v) is 7.71. The van der Waals surface area contributed by atoms with Crippen molar-refractivity contribution in [3.05, 3.63) is 44.7 Å². The number of carbonyl (C=O) groups is 1. The molecular weight excluding hydrogens is 312 g/mol. The van der Waals surface area contributed by atoms with Gasteiger partial charge in [0, 0.05) is 25.1 Å². The van der Waals surface area contributed by atoms with E-state index in [-0.39, 0.29) is 17.6 Å². The molecule has 0 spiro atoms. The fourth-order valence-electron chi connectivity index (χ4n) is 2.70. The Morgan fingerprint density at radius 1 is 1.21 bits per heavy atom. The standard InChI is InChI=1S/C15H18N6O3/c1-9-2-3-12(20-19-9)21-6-4-10(5-7-21)14(23)16-11-8-13(22)18-15(24)17-11/h2-3,8,10H,4-7H2,1H3,(H3,16,17,18,22,23,24). The Morgan fingerprint density at radius 2 is 1.96 bits per heavy atom. The molecule has 1 aliphatic rings. The van der Waals surface area contributed by atoms with Gasteiger partial charge in [0.1, 0.15) is 5.82 Å². The largest absolute Gasteiger partial charge is 0.355 e. The van der Waals surface area contributed by atoms with Gasteiger partial charge in [0.05, 0.1) is 5.69 Å². The number of amides is 1. The summed E-state index contributed by atoms with van der Waals surface area (Å²) < 4.78 is 0. The van der Waals surface area contributed by atoms with Crippen molar-refractivity contribution < 1.29 is 4.79 Å². The molecular formula is C15H18N6O3. The molecule has 0 radical (unpaired) electrons. The summed E-state index contributed by atoms with van der Waals surface area (Å²) in [6.07, 6.45) is 1.32. The number of piperidine rings is 1. The van der Waals surface area contributed by atoms with Gasteiger partial charge >= 0.3 is 5.69 Å². The maximum atomic E-state index is 12.3. The molecule has 1 saturated heterocycles. The van der Waals surface area contributed by atoms with Crippen molar-refractivity contribution in [1.82, 2.24) is 20.2 Å². The molecule has 3 heterocycles. The van der Waals surface area contributed by atoms with E-state index in [9.17, 15) is 14.4 Å². The van der Waals surface area contributed by atoms with Crippen LogP contribution in [0.3, 0.4) is 0 Å². The van der Waals surface area contributed by atoms with Crippen molar-refractivity contribution in [3.8, 4) is 0 Å². The highest BCUT2D eigenvalue weighted by atomic mass is 16.2. The van der Waals surface area contributed by atoms with Gasteiger partial charge in [0.25, 0.3) is 5.56 Å². The fraction of sp³-hybridized carbons (Fsp3) is 0.400. The average Bonchev–Trinajstić information content (AvgIpc) is 2.55. The van der Waals surface area contributed by atoms with Crippen molar-refractivity contribution in [3.63, 3.8) is 0 Å². The molecule has 0 bridgehead atoms. The molecule has 0 atom stereocenters. The van der Waals surface area contributed by atoms with E-state index >= 15 is 0 Å². The zero-order valence-corrected chi connectivity index (χ0v) is 13.2. The third kappa shape index (κ3) is 3.67. The van der Waals surface area contributed by atoms with Gasteiger partial charge in [-0.05, 0) is 31.9 Å². The average molecular weight is 330 g/mol. The van der Waals surface area contributed by atoms with E-state index in [4.69, 9.17) is 0 Å². The molecule has 2 aromatic rings. The van der Waals surface area contributed by atoms with Crippen LogP contribution >= 0.6 is 0 Å². The van der Waals surface area contributed by atoms with Gasteiger partial charge in [-0.3, -0.25) is 19.6 Å². The number of H-pyrrole nitrogens is 2. The SMILES string of the molecule is Cc1ccc(N2CCC(C(=O)Nc3cc(=O)[nH]c(=O)[nH]3)CC2)nn1. The van der Waals surface area contributed by atoms with E-state index in [0.717, 1.165) is 17.6 Å². The molecule has 0 aliphatic carbocycles. The number of rotatable bonds is 3. The Balaban J connectivity index is 1.59. The smallest absolute Gasteiger partial charge is 0.327 e. The Labute approximate surface area is 137 Å². The van der Waals surface area contributed by atoms with Crippen LogP contribution in [-0.4, -0.2) is 39.2 Å². The van der Waals surface area contributed by atoms with Crippen LogP contribution < -0.4 is 21.5 Å². The van der Waals surface area contributed by atoms with Crippen LogP contribution in [-0.2, 0) is 4.79 Å². The third-order valence-electron chi connectivity index (χ3n) is 3.99. The summed E-state index contributed by atoms with van der Waals surface area (Å²) in [6.45, 7) is 3.27. The molecule has 3 N–H and O–H groups in total. The number of aromatic nitrogens is 4. The lowest BCUT2D eigenvalue weighted by atomic mass is 9.96. The number of hydrogen-bond acceptors (Lipinski definition) is 6. The molecule has 1 aliphatic heterocycles. The van der Waals surface area contributed by atoms with Crippen LogP contribution in [0.4, 0.5) is 11.6 Å². The molecule has 126 valence electrons. The molecule has 24 heavy (non-hydrogen) atoms. The number of aromatic amines is 2. The second-order valence-corrected chi connectivity index (χ2v) is 5.78. The van der Waals surface area contributed by atoms with Crippen LogP contribution in [0.25, 0.3) is 0 Å². The first-order chi connectivity index (χ1) is 11.5. The van der Waals surface area contributed by atoms with Gasteiger partial charge in [-0.25, -0.2) is 4.79 Å². The lowest BCUT2D eigenvalue weighted by Crippen LogP contribution is -2.39. The number of nitrogens with zero attached hydrogens (tertiary/aromatic N) is 3. The van der Waals surface area contributed by atoms with Crippen LogP contribution in [0.1, 0.15) is 18.5 Å². The van der Waals surface area contributed by atoms with Gasteiger partial charge in [0.2, 0.25) is 5.91 Å². The van der Waals surface area contributed by atoms with Gasteiger partial charge < -0.3 is 10.2 Å². The fourth-order valence-corrected chi connectivity index (χ4v) is 2.70. The van der Waals surface area contributed by atoms with Crippen LogP contribution in [0.5, 0.6) is 0 Å². The molecule has 1 amide bonds. The normalized spacial score (nSPS) is 15.3. The summed E-state index contributed by atoms with van der Waals surface area (Å²) >= 11 is 0. The highest BCUT2D eigenvalue weighted by molar-refractivity contribution is 5.91. The number of aryl methyl sites for hydroxylation is 1. The van der Waals surface area contributed by atoms with E-state index in [1.807, 2.05) is 19.1 Å². The Hall–Kier alpha value is -2.97. The molecule has 2 aromatic heterocycles. The number of carbonyl (C=O) groups excluding carboxylic acids is 1. The minimum Gasteiger partial charge on any atom is -0.355 e. The summed E-state index contributed by atoms with van der Waals surface area (Å²) in [5.41, 5.74) is -0.341. The van der Waals surface area contributed by atoms with Gasteiger partial charge in [-0.2, -0.15) is 5.10 Å². The van der Waals surface area contributed by atoms with Gasteiger partial charge in [-0.15, -0.1) is 5.10 Å². The number of nitrogens with one attached hydrogen (secondary N) is 3. The Bertz CT molecular complexity index is 805. The molecule has 1 fully saturated rings. The van der Waals surface area contributed by atoms with E-state index < -0.39 is 11.2 Å². The van der Waals surface area contributed by atoms with Crippen molar-refractivity contribution in [1.29, 1.82) is 0 Å². The second-order valence-electron chi connectivity index (χ2n) is 5.78. The number of hydrogen-bond donors (Lipinski definition) is 3. The molecule has 0 aromatic carbocycles. The molecule has 0 unspecified atom stereocenters. The van der Waals surface area contributed by atoms with E-state index in [0.29, 0.717) is 25.9 Å². The van der Waals surface area contributed by atoms with Crippen LogP contribution in [0, 0.1) is 12.8 Å². The topological polar surface area (TPSA) is 124 Å². The first-order valence-electron chi connectivity index (χ1n) is 7.71. The monoisotopic (exact) mass is 330 g/mol. The maximum absolute atomic E-state index is 12.3. The summed E-state index contributed by atoms with van der Waals surface area (Å²) in [6, 6.07) is 4.98. The highest BCUT2D eigenvalue weighted by Gasteiger charge is 2.26. The zero-order chi connectivity index (χ0) is 17.1. The minimum absolute atomic E-state index is 0.112. The molecule has 9 heteroatoms. The summed E-state index contributed by atoms with van der Waals surface area (Å²) in [4.78, 5) is 41.3. The Kier molecular flexibility index (Phi) is 4.41. The maximum Gasteiger partial charge on any atom is 0.327 e. The summed E-state index contributed by atoms with van der Waals surface area (Å²) in [7, 11) is 0. The summed E-state index contributed by atoms with van der Waals surface area (Å²) in [5.74, 6) is 0.535. The van der Waals surface area contributed by atoms with Gasteiger partial charge in [0.15, 0.2) is 5.82 Å². The lowest BCUT2D eigenvalue weighted by Gasteiger charge is -2.31. The third-order valence-corrected chi connectivity index (χ3v) is 3.99. The van der Waals surface area contributed by atoms with Crippen molar-refractivity contribution in [2.24, 2.45) is 5.92 Å². The van der Waals surface area contributed by atoms with E-state index in [1.165, 1.54) is 0 Å². The van der Waals surface area contributed by atoms with Crippen molar-refractivity contribution in [2.45, 2.75) is 19.8 Å². The highest BCUT2D eigenvalue weighted by Crippen LogP contribution is 2.22. The van der Waals surface area contributed by atoms with Crippen LogP contribution in [0.2, 0.25) is 0 Å². The van der Waals surface area contributed by atoms with Crippen LogP contribution in [0.15, 0.2) is 27.8 Å². The lowest BCUT2D eigenvalue weighted by molar-refractivity contribution is -0.120. The molecule has 9 nitrogen and oxygen atoms in total. The predicted molar refractivity (Wildman–Crippen MR) is 88.0 cm³/mol. The first kappa shape index (κ1) is 15.9. The summed E-state index contributed by atoms with van der Waals surface area (Å²) in [5, 5.41) is 10.8. The van der Waals surface area contributed by atoms with E-state index in [1.54, 1.807) is 0 Å². The molecule has 0 saturated carbocycles. The van der Waals surface area contributed by atoms with E-state index in [2.05, 4.69) is 30.4 Å².